The molecule has 25 heavy (non-hydrogen) atoms. The zero-order valence-corrected chi connectivity index (χ0v) is 14.7. The summed E-state index contributed by atoms with van der Waals surface area (Å²) in [5.41, 5.74) is 2.26. The summed E-state index contributed by atoms with van der Waals surface area (Å²) in [7, 11) is 3.45. The number of hydrogen-bond acceptors (Lipinski definition) is 4. The second-order valence-corrected chi connectivity index (χ2v) is 6.07. The molecule has 0 bridgehead atoms. The molecule has 1 saturated heterocycles. The van der Waals surface area contributed by atoms with Gasteiger partial charge in [-0.2, -0.15) is 5.10 Å². The van der Waals surface area contributed by atoms with Gasteiger partial charge < -0.3 is 14.5 Å². The van der Waals surface area contributed by atoms with E-state index in [9.17, 15) is 9.59 Å². The molecule has 7 nitrogen and oxygen atoms in total. The molecule has 132 valence electrons. The molecule has 0 aliphatic carbocycles. The van der Waals surface area contributed by atoms with Crippen LogP contribution in [-0.2, 0) is 11.8 Å². The Kier molecular flexibility index (Phi) is 4.74. The molecular weight excluding hydrogens is 320 g/mol. The van der Waals surface area contributed by atoms with Crippen LogP contribution < -0.4 is 4.74 Å². The first-order chi connectivity index (χ1) is 12.0. The van der Waals surface area contributed by atoms with Gasteiger partial charge in [-0.1, -0.05) is 0 Å². The Bertz CT molecular complexity index is 774. The van der Waals surface area contributed by atoms with Crippen LogP contribution in [0.15, 0.2) is 30.3 Å². The van der Waals surface area contributed by atoms with Crippen molar-refractivity contribution in [2.45, 2.75) is 6.92 Å². The molecule has 1 aromatic heterocycles. The number of carbonyl (C=O) groups excluding carboxylic acids is 2. The number of carbonyl (C=O) groups is 2. The molecule has 0 spiro atoms. The van der Waals surface area contributed by atoms with E-state index in [1.54, 1.807) is 28.5 Å². The maximum absolute atomic E-state index is 12.7. The predicted octanol–water partition coefficient (Wildman–Crippen LogP) is 1.40. The van der Waals surface area contributed by atoms with Crippen LogP contribution in [0, 0.1) is 0 Å². The third-order valence-electron chi connectivity index (χ3n) is 4.50. The Morgan fingerprint density at radius 1 is 1.04 bits per heavy atom. The summed E-state index contributed by atoms with van der Waals surface area (Å²) >= 11 is 0. The number of piperazine rings is 1. The van der Waals surface area contributed by atoms with Crippen molar-refractivity contribution in [3.63, 3.8) is 0 Å². The van der Waals surface area contributed by atoms with Crippen molar-refractivity contribution in [3.8, 4) is 17.0 Å². The first-order valence-corrected chi connectivity index (χ1v) is 8.23. The quantitative estimate of drug-likeness (QED) is 0.846. The van der Waals surface area contributed by atoms with Crippen molar-refractivity contribution in [1.29, 1.82) is 0 Å². The lowest BCUT2D eigenvalue weighted by Crippen LogP contribution is -2.50. The number of aromatic nitrogens is 2. The number of benzene rings is 1. The number of methoxy groups -OCH3 is 1. The van der Waals surface area contributed by atoms with E-state index in [0.29, 0.717) is 31.9 Å². The molecule has 1 aromatic carbocycles. The van der Waals surface area contributed by atoms with Crippen LogP contribution in [0.25, 0.3) is 11.3 Å². The molecule has 1 fully saturated rings. The lowest BCUT2D eigenvalue weighted by atomic mass is 10.1. The van der Waals surface area contributed by atoms with Crippen LogP contribution in [0.5, 0.6) is 5.75 Å². The van der Waals surface area contributed by atoms with Gasteiger partial charge in [0.05, 0.1) is 12.8 Å². The molecule has 0 atom stereocenters. The van der Waals surface area contributed by atoms with Crippen molar-refractivity contribution in [2.24, 2.45) is 7.05 Å². The topological polar surface area (TPSA) is 67.7 Å². The lowest BCUT2D eigenvalue weighted by Gasteiger charge is -2.33. The highest BCUT2D eigenvalue weighted by molar-refractivity contribution is 5.93. The SMILES string of the molecule is COc1ccc(-c2cc(C(=O)N3CCN(C(C)=O)CC3)nn2C)cc1. The Labute approximate surface area is 146 Å². The second kappa shape index (κ2) is 6.96. The summed E-state index contributed by atoms with van der Waals surface area (Å²) in [6, 6.07) is 9.45. The zero-order chi connectivity index (χ0) is 18.0. The predicted molar refractivity (Wildman–Crippen MR) is 93.4 cm³/mol. The minimum atomic E-state index is -0.0986. The van der Waals surface area contributed by atoms with E-state index in [4.69, 9.17) is 4.74 Å². The molecule has 0 unspecified atom stereocenters. The van der Waals surface area contributed by atoms with Gasteiger partial charge in [-0.25, -0.2) is 0 Å². The fourth-order valence-corrected chi connectivity index (χ4v) is 2.99. The van der Waals surface area contributed by atoms with Crippen molar-refractivity contribution in [1.82, 2.24) is 19.6 Å². The van der Waals surface area contributed by atoms with Gasteiger partial charge in [0.1, 0.15) is 5.75 Å². The number of amides is 2. The number of aryl methyl sites for hydroxylation is 1. The summed E-state index contributed by atoms with van der Waals surface area (Å²) in [5.74, 6) is 0.732. The van der Waals surface area contributed by atoms with Crippen LogP contribution in [-0.4, -0.2) is 64.7 Å². The molecule has 0 radical (unpaired) electrons. The summed E-state index contributed by atoms with van der Waals surface area (Å²) in [6.45, 7) is 3.76. The zero-order valence-electron chi connectivity index (χ0n) is 14.7. The average Bonchev–Trinajstić information content (AvgIpc) is 3.03. The monoisotopic (exact) mass is 342 g/mol. The van der Waals surface area contributed by atoms with Gasteiger partial charge in [0.2, 0.25) is 5.91 Å². The first kappa shape index (κ1) is 17.0. The lowest BCUT2D eigenvalue weighted by molar-refractivity contribution is -0.130. The Morgan fingerprint density at radius 2 is 1.64 bits per heavy atom. The van der Waals surface area contributed by atoms with E-state index in [1.165, 1.54) is 0 Å². The minimum Gasteiger partial charge on any atom is -0.497 e. The fraction of sp³-hybridized carbons (Fsp3) is 0.389. The van der Waals surface area contributed by atoms with E-state index in [-0.39, 0.29) is 11.8 Å². The minimum absolute atomic E-state index is 0.0479. The number of nitrogens with zero attached hydrogens (tertiary/aromatic N) is 4. The van der Waals surface area contributed by atoms with Crippen molar-refractivity contribution in [2.75, 3.05) is 33.3 Å². The Morgan fingerprint density at radius 3 is 2.20 bits per heavy atom. The molecule has 2 amide bonds. The van der Waals surface area contributed by atoms with E-state index >= 15 is 0 Å². The number of hydrogen-bond donors (Lipinski definition) is 0. The largest absolute Gasteiger partial charge is 0.497 e. The van der Waals surface area contributed by atoms with E-state index in [2.05, 4.69) is 5.10 Å². The van der Waals surface area contributed by atoms with Crippen LogP contribution in [0.1, 0.15) is 17.4 Å². The smallest absolute Gasteiger partial charge is 0.274 e. The molecule has 2 aromatic rings. The normalized spacial score (nSPS) is 14.5. The summed E-state index contributed by atoms with van der Waals surface area (Å²) in [5, 5.41) is 4.37. The summed E-state index contributed by atoms with van der Waals surface area (Å²) in [4.78, 5) is 27.6. The highest BCUT2D eigenvalue weighted by atomic mass is 16.5. The summed E-state index contributed by atoms with van der Waals surface area (Å²) < 4.78 is 6.88. The molecule has 0 saturated carbocycles. The van der Waals surface area contributed by atoms with E-state index < -0.39 is 0 Å². The maximum Gasteiger partial charge on any atom is 0.274 e. The molecule has 3 rings (SSSR count). The highest BCUT2D eigenvalue weighted by Gasteiger charge is 2.25. The van der Waals surface area contributed by atoms with Crippen molar-refractivity contribution in [3.05, 3.63) is 36.0 Å². The molecule has 1 aliphatic rings. The van der Waals surface area contributed by atoms with Crippen molar-refractivity contribution < 1.29 is 14.3 Å². The molecule has 1 aliphatic heterocycles. The average molecular weight is 342 g/mol. The Balaban J connectivity index is 1.75. The third-order valence-corrected chi connectivity index (χ3v) is 4.50. The van der Waals surface area contributed by atoms with Gasteiger partial charge >= 0.3 is 0 Å². The van der Waals surface area contributed by atoms with Crippen LogP contribution in [0.2, 0.25) is 0 Å². The van der Waals surface area contributed by atoms with Gasteiger partial charge in [-0.3, -0.25) is 14.3 Å². The van der Waals surface area contributed by atoms with Gasteiger partial charge in [-0.15, -0.1) is 0 Å². The van der Waals surface area contributed by atoms with Crippen LogP contribution in [0.4, 0.5) is 0 Å². The molecule has 0 N–H and O–H groups in total. The Hall–Kier alpha value is -2.83. The molecule has 7 heteroatoms. The maximum atomic E-state index is 12.7. The third kappa shape index (κ3) is 3.50. The number of ether oxygens (including phenoxy) is 1. The van der Waals surface area contributed by atoms with Gasteiger partial charge in [-0.05, 0) is 30.3 Å². The second-order valence-electron chi connectivity index (χ2n) is 6.07. The fourth-order valence-electron chi connectivity index (χ4n) is 2.99. The van der Waals surface area contributed by atoms with Gasteiger partial charge in [0.25, 0.3) is 5.91 Å². The highest BCUT2D eigenvalue weighted by Crippen LogP contribution is 2.23. The molecular formula is C18H22N4O3. The number of rotatable bonds is 3. The van der Waals surface area contributed by atoms with Gasteiger partial charge in [0.15, 0.2) is 5.69 Å². The van der Waals surface area contributed by atoms with E-state index in [0.717, 1.165) is 17.0 Å². The van der Waals surface area contributed by atoms with E-state index in [1.807, 2.05) is 37.4 Å². The first-order valence-electron chi connectivity index (χ1n) is 8.23. The van der Waals surface area contributed by atoms with Crippen LogP contribution in [0.3, 0.4) is 0 Å². The molecule has 2 heterocycles. The summed E-state index contributed by atoms with van der Waals surface area (Å²) in [6.07, 6.45) is 0. The standard InChI is InChI=1S/C18H22N4O3/c1-13(23)21-8-10-22(11-9-21)18(24)16-12-17(20(2)19-16)14-4-6-15(25-3)7-5-14/h4-7,12H,8-11H2,1-3H3. The van der Waals surface area contributed by atoms with Crippen molar-refractivity contribution >= 4 is 11.8 Å². The van der Waals surface area contributed by atoms with Gasteiger partial charge in [0, 0.05) is 45.7 Å². The van der Waals surface area contributed by atoms with Crippen LogP contribution >= 0.6 is 0 Å².